The monoisotopic (exact) mass is 360 g/mol. The van der Waals surface area contributed by atoms with Crippen LogP contribution in [0.3, 0.4) is 0 Å². The van der Waals surface area contributed by atoms with E-state index in [1.807, 2.05) is 18.5 Å². The highest BCUT2D eigenvalue weighted by atomic mass is 16.5. The molecule has 1 aliphatic heterocycles. The van der Waals surface area contributed by atoms with Crippen LogP contribution in [0.5, 0.6) is 0 Å². The lowest BCUT2D eigenvalue weighted by Gasteiger charge is -2.17. The highest BCUT2D eigenvalue weighted by Gasteiger charge is 2.16. The van der Waals surface area contributed by atoms with Gasteiger partial charge in [0.15, 0.2) is 11.8 Å². The van der Waals surface area contributed by atoms with E-state index in [-0.39, 0.29) is 0 Å². The Hall–Kier alpha value is -1.89. The molecule has 0 radical (unpaired) electrons. The molecule has 1 aromatic heterocycles. The Morgan fingerprint density at radius 1 is 1.31 bits per heavy atom. The highest BCUT2D eigenvalue weighted by molar-refractivity contribution is 5.79. The van der Waals surface area contributed by atoms with Crippen LogP contribution in [0.15, 0.2) is 16.6 Å². The maximum Gasteiger partial charge on any atom is 0.191 e. The smallest absolute Gasteiger partial charge is 0.191 e. The van der Waals surface area contributed by atoms with Crippen LogP contribution in [-0.2, 0) is 18.3 Å². The van der Waals surface area contributed by atoms with E-state index in [2.05, 4.69) is 26.9 Å². The van der Waals surface area contributed by atoms with Crippen LogP contribution in [0, 0.1) is 6.92 Å². The van der Waals surface area contributed by atoms with Gasteiger partial charge in [-0.25, -0.2) is 4.99 Å². The molecular formula is C19H32N6O. The zero-order chi connectivity index (χ0) is 18.2. The van der Waals surface area contributed by atoms with Gasteiger partial charge >= 0.3 is 0 Å². The van der Waals surface area contributed by atoms with E-state index in [1.54, 1.807) is 5.57 Å². The lowest BCUT2D eigenvalue weighted by molar-refractivity contribution is 0.114. The van der Waals surface area contributed by atoms with E-state index in [1.165, 1.54) is 25.7 Å². The number of aliphatic imine (C=N–C) groups is 1. The summed E-state index contributed by atoms with van der Waals surface area (Å²) >= 11 is 0. The summed E-state index contributed by atoms with van der Waals surface area (Å²) in [5, 5.41) is 15.2. The first-order chi connectivity index (χ1) is 12.7. The average molecular weight is 361 g/mol. The largest absolute Gasteiger partial charge is 0.376 e. The molecule has 26 heavy (non-hydrogen) atoms. The number of rotatable bonds is 7. The highest BCUT2D eigenvalue weighted by Crippen LogP contribution is 2.19. The summed E-state index contributed by atoms with van der Waals surface area (Å²) in [4.78, 5) is 4.71. The Bertz CT molecular complexity index is 630. The average Bonchev–Trinajstić information content (AvgIpc) is 3.29. The number of aryl methyl sites for hydroxylation is 1. The molecule has 7 heteroatoms. The Morgan fingerprint density at radius 3 is 2.92 bits per heavy atom. The first-order valence-corrected chi connectivity index (χ1v) is 9.89. The molecule has 0 aromatic carbocycles. The van der Waals surface area contributed by atoms with Gasteiger partial charge in [0, 0.05) is 26.7 Å². The zero-order valence-corrected chi connectivity index (χ0v) is 16.1. The minimum Gasteiger partial charge on any atom is -0.376 e. The fraction of sp³-hybridized carbons (Fsp3) is 0.737. The Morgan fingerprint density at radius 2 is 2.23 bits per heavy atom. The molecule has 0 bridgehead atoms. The molecule has 2 aliphatic rings. The molecule has 1 aliphatic carbocycles. The molecule has 1 unspecified atom stereocenters. The molecule has 1 atom stereocenters. The van der Waals surface area contributed by atoms with E-state index < -0.39 is 0 Å². The summed E-state index contributed by atoms with van der Waals surface area (Å²) < 4.78 is 7.69. The van der Waals surface area contributed by atoms with E-state index in [0.29, 0.717) is 12.6 Å². The molecule has 3 rings (SSSR count). The molecule has 7 nitrogen and oxygen atoms in total. The van der Waals surface area contributed by atoms with Crippen LogP contribution in [0.4, 0.5) is 0 Å². The molecular weight excluding hydrogens is 328 g/mol. The number of guanidine groups is 1. The summed E-state index contributed by atoms with van der Waals surface area (Å²) in [7, 11) is 1.97. The zero-order valence-electron chi connectivity index (χ0n) is 16.1. The normalized spacial score (nSPS) is 20.9. The number of hydrogen-bond donors (Lipinski definition) is 2. The second kappa shape index (κ2) is 9.71. The van der Waals surface area contributed by atoms with E-state index in [0.717, 1.165) is 56.6 Å². The van der Waals surface area contributed by atoms with Crippen molar-refractivity contribution < 1.29 is 4.74 Å². The maximum atomic E-state index is 5.71. The maximum absolute atomic E-state index is 5.71. The third kappa shape index (κ3) is 5.56. The second-order valence-electron chi connectivity index (χ2n) is 7.19. The second-order valence-corrected chi connectivity index (χ2v) is 7.19. The van der Waals surface area contributed by atoms with Crippen molar-refractivity contribution in [1.82, 2.24) is 25.4 Å². The van der Waals surface area contributed by atoms with Crippen molar-refractivity contribution in [2.45, 2.75) is 64.5 Å². The number of ether oxygens (including phenoxy) is 1. The predicted molar refractivity (Wildman–Crippen MR) is 103 cm³/mol. The van der Waals surface area contributed by atoms with Gasteiger partial charge in [-0.15, -0.1) is 10.2 Å². The van der Waals surface area contributed by atoms with Crippen LogP contribution in [-0.4, -0.2) is 46.5 Å². The van der Waals surface area contributed by atoms with Gasteiger partial charge in [0.1, 0.15) is 12.4 Å². The van der Waals surface area contributed by atoms with Crippen LogP contribution < -0.4 is 10.6 Å². The number of nitrogens with zero attached hydrogens (tertiary/aromatic N) is 4. The Kier molecular flexibility index (Phi) is 7.05. The standard InChI is InChI=1S/C19H32N6O/c1-15-23-24-18(25(15)2)14-22-19(21-13-17-9-6-12-26-17)20-11-10-16-7-4-3-5-8-16/h7,17H,3-6,8-14H2,1-2H3,(H2,20,21,22). The van der Waals surface area contributed by atoms with E-state index in [9.17, 15) is 0 Å². The van der Waals surface area contributed by atoms with Crippen molar-refractivity contribution in [3.63, 3.8) is 0 Å². The van der Waals surface area contributed by atoms with Crippen LogP contribution in [0.2, 0.25) is 0 Å². The molecule has 0 amide bonds. The van der Waals surface area contributed by atoms with Crippen molar-refractivity contribution in [1.29, 1.82) is 0 Å². The van der Waals surface area contributed by atoms with Crippen molar-refractivity contribution >= 4 is 5.96 Å². The van der Waals surface area contributed by atoms with Gasteiger partial charge in [0.25, 0.3) is 0 Å². The molecule has 0 saturated carbocycles. The third-order valence-electron chi connectivity index (χ3n) is 5.21. The van der Waals surface area contributed by atoms with Crippen molar-refractivity contribution in [3.8, 4) is 0 Å². The molecule has 2 N–H and O–H groups in total. The first-order valence-electron chi connectivity index (χ1n) is 9.89. The van der Waals surface area contributed by atoms with Gasteiger partial charge < -0.3 is 19.9 Å². The summed E-state index contributed by atoms with van der Waals surface area (Å²) in [6.07, 6.45) is 11.2. The SMILES string of the molecule is Cc1nnc(CN=C(NCCC2=CCCCC2)NCC2CCCO2)n1C. The van der Waals surface area contributed by atoms with E-state index in [4.69, 9.17) is 9.73 Å². The fourth-order valence-corrected chi connectivity index (χ4v) is 3.40. The third-order valence-corrected chi connectivity index (χ3v) is 5.21. The predicted octanol–water partition coefficient (Wildman–Crippen LogP) is 2.23. The summed E-state index contributed by atoms with van der Waals surface area (Å²) in [5.74, 6) is 2.61. The molecule has 1 aromatic rings. The topological polar surface area (TPSA) is 76.4 Å². The van der Waals surface area contributed by atoms with Crippen LogP contribution in [0.25, 0.3) is 0 Å². The summed E-state index contributed by atoms with van der Waals surface area (Å²) in [5.41, 5.74) is 1.58. The molecule has 144 valence electrons. The fourth-order valence-electron chi connectivity index (χ4n) is 3.40. The van der Waals surface area contributed by atoms with Crippen molar-refractivity contribution in [2.75, 3.05) is 19.7 Å². The lowest BCUT2D eigenvalue weighted by atomic mass is 9.97. The molecule has 1 fully saturated rings. The summed E-state index contributed by atoms with van der Waals surface area (Å²) in [6.45, 7) is 5.04. The number of nitrogens with one attached hydrogen (secondary N) is 2. The van der Waals surface area contributed by atoms with E-state index >= 15 is 0 Å². The minimum absolute atomic E-state index is 0.292. The Balaban J connectivity index is 1.53. The molecule has 0 spiro atoms. The Labute approximate surface area is 156 Å². The first kappa shape index (κ1) is 18.9. The number of hydrogen-bond acceptors (Lipinski definition) is 4. The quantitative estimate of drug-likeness (QED) is 0.443. The molecule has 1 saturated heterocycles. The van der Waals surface area contributed by atoms with Crippen molar-refractivity contribution in [3.05, 3.63) is 23.3 Å². The minimum atomic E-state index is 0.292. The lowest BCUT2D eigenvalue weighted by Crippen LogP contribution is -2.41. The molecule has 2 heterocycles. The van der Waals surface area contributed by atoms with Gasteiger partial charge in [0.05, 0.1) is 6.10 Å². The van der Waals surface area contributed by atoms with Gasteiger partial charge in [-0.2, -0.15) is 0 Å². The van der Waals surface area contributed by atoms with Gasteiger partial charge in [0.2, 0.25) is 0 Å². The van der Waals surface area contributed by atoms with Crippen molar-refractivity contribution in [2.24, 2.45) is 12.0 Å². The van der Waals surface area contributed by atoms with Crippen LogP contribution in [0.1, 0.15) is 56.6 Å². The van der Waals surface area contributed by atoms with Gasteiger partial charge in [-0.05, 0) is 51.9 Å². The summed E-state index contributed by atoms with van der Waals surface area (Å²) in [6, 6.07) is 0. The van der Waals surface area contributed by atoms with Crippen LogP contribution >= 0.6 is 0 Å². The van der Waals surface area contributed by atoms with Gasteiger partial charge in [-0.3, -0.25) is 0 Å². The number of allylic oxidation sites excluding steroid dienone is 1. The number of aromatic nitrogens is 3. The van der Waals surface area contributed by atoms with Gasteiger partial charge in [-0.1, -0.05) is 11.6 Å².